The number of rotatable bonds is 4. The van der Waals surface area contributed by atoms with Gasteiger partial charge in [-0.3, -0.25) is 0 Å². The van der Waals surface area contributed by atoms with E-state index in [1.807, 2.05) is 0 Å². The lowest BCUT2D eigenvalue weighted by atomic mass is 9.37. The van der Waals surface area contributed by atoms with E-state index in [0.29, 0.717) is 0 Å². The van der Waals surface area contributed by atoms with Crippen LogP contribution in [0.2, 0.25) is 6.32 Å². The van der Waals surface area contributed by atoms with Crippen molar-refractivity contribution in [2.24, 2.45) is 5.41 Å². The van der Waals surface area contributed by atoms with Gasteiger partial charge in [0.05, 0.1) is 0 Å². The second kappa shape index (κ2) is 7.91. The molecule has 0 aliphatic carbocycles. The summed E-state index contributed by atoms with van der Waals surface area (Å²) in [4.78, 5) is 0. The molecule has 0 saturated carbocycles. The van der Waals surface area contributed by atoms with E-state index in [1.165, 1.54) is 0 Å². The van der Waals surface area contributed by atoms with Crippen molar-refractivity contribution in [3.63, 3.8) is 0 Å². The van der Waals surface area contributed by atoms with E-state index < -0.39 is 87.5 Å². The van der Waals surface area contributed by atoms with Gasteiger partial charge in [0.2, 0.25) is 6.71 Å². The average molecular weight is 430 g/mol. The van der Waals surface area contributed by atoms with Gasteiger partial charge < -0.3 is 0 Å². The zero-order valence-electron chi connectivity index (χ0n) is 15.3. The molecule has 0 aliphatic heterocycles. The third kappa shape index (κ3) is 4.09. The molecule has 0 amide bonds. The summed E-state index contributed by atoms with van der Waals surface area (Å²) in [5.74, 6) is -24.3. The van der Waals surface area contributed by atoms with Gasteiger partial charge in [-0.05, 0) is 5.41 Å². The van der Waals surface area contributed by atoms with Crippen LogP contribution in [-0.2, 0) is 0 Å². The second-order valence-electron chi connectivity index (χ2n) is 7.62. The molecule has 0 atom stereocenters. The van der Waals surface area contributed by atoms with E-state index in [-0.39, 0.29) is 6.42 Å². The quantitative estimate of drug-likeness (QED) is 0.274. The Bertz CT molecular complexity index is 837. The lowest BCUT2D eigenvalue weighted by Gasteiger charge is -2.24. The minimum atomic E-state index is -2.52. The van der Waals surface area contributed by atoms with Gasteiger partial charge in [-0.15, -0.1) is 0 Å². The van der Waals surface area contributed by atoms with Gasteiger partial charge in [-0.1, -0.05) is 33.5 Å². The van der Waals surface area contributed by atoms with Gasteiger partial charge >= 0.3 is 0 Å². The standard InChI is InChI=1S/C18H13BF10/c1-18(2,3)4-5-19(6-8(20)12(24)16(28)13(25)9(6)21)7-10(22)14(26)17(29)15(27)11(7)23/h4-5H2,1-3H3. The zero-order chi connectivity index (χ0) is 22.4. The molecule has 29 heavy (non-hydrogen) atoms. The molecule has 0 fully saturated rings. The Labute approximate surface area is 159 Å². The van der Waals surface area contributed by atoms with Crippen LogP contribution in [0.15, 0.2) is 0 Å². The Balaban J connectivity index is 2.89. The van der Waals surface area contributed by atoms with Crippen LogP contribution < -0.4 is 10.9 Å². The van der Waals surface area contributed by atoms with Crippen LogP contribution in [0.1, 0.15) is 27.2 Å². The molecular formula is C18H13BF10. The van der Waals surface area contributed by atoms with Crippen molar-refractivity contribution < 1.29 is 43.9 Å². The topological polar surface area (TPSA) is 0 Å². The highest BCUT2D eigenvalue weighted by molar-refractivity contribution is 6.85. The van der Waals surface area contributed by atoms with Crippen LogP contribution in [-0.4, -0.2) is 6.71 Å². The molecular weight excluding hydrogens is 417 g/mol. The van der Waals surface area contributed by atoms with Crippen LogP contribution in [0.3, 0.4) is 0 Å². The number of benzene rings is 2. The Morgan fingerprint density at radius 2 is 0.724 bits per heavy atom. The summed E-state index contributed by atoms with van der Waals surface area (Å²) in [7, 11) is 0. The van der Waals surface area contributed by atoms with E-state index in [9.17, 15) is 43.9 Å². The van der Waals surface area contributed by atoms with E-state index >= 15 is 0 Å². The minimum absolute atomic E-state index is 0.114. The van der Waals surface area contributed by atoms with Gasteiger partial charge in [0.1, 0.15) is 0 Å². The molecule has 0 spiro atoms. The molecule has 0 nitrogen and oxygen atoms in total. The molecule has 0 N–H and O–H groups in total. The predicted molar refractivity (Wildman–Crippen MR) is 86.4 cm³/mol. The molecule has 2 aromatic carbocycles. The lowest BCUT2D eigenvalue weighted by molar-refractivity contribution is 0.380. The van der Waals surface area contributed by atoms with E-state index in [1.54, 1.807) is 20.8 Å². The van der Waals surface area contributed by atoms with Gasteiger partial charge in [-0.2, -0.15) is 0 Å². The van der Waals surface area contributed by atoms with Crippen molar-refractivity contribution in [2.45, 2.75) is 33.5 Å². The normalized spacial score (nSPS) is 11.9. The zero-order valence-corrected chi connectivity index (χ0v) is 15.3. The summed E-state index contributed by atoms with van der Waals surface area (Å²) in [5.41, 5.74) is -4.02. The van der Waals surface area contributed by atoms with Crippen LogP contribution in [0.5, 0.6) is 0 Å². The monoisotopic (exact) mass is 430 g/mol. The SMILES string of the molecule is CC(C)(C)CCB(c1c(F)c(F)c(F)c(F)c1F)c1c(F)c(F)c(F)c(F)c1F. The summed E-state index contributed by atoms with van der Waals surface area (Å²) >= 11 is 0. The first-order valence-corrected chi connectivity index (χ1v) is 8.23. The number of halogens is 10. The predicted octanol–water partition coefficient (Wildman–Crippen LogP) is 5.12. The van der Waals surface area contributed by atoms with Crippen molar-refractivity contribution in [3.8, 4) is 0 Å². The summed E-state index contributed by atoms with van der Waals surface area (Å²) in [5, 5.41) is 0. The molecule has 2 rings (SSSR count). The van der Waals surface area contributed by atoms with Gasteiger partial charge in [0.15, 0.2) is 58.2 Å². The summed E-state index contributed by atoms with van der Waals surface area (Å²) in [6, 6.07) is 0. The van der Waals surface area contributed by atoms with Gasteiger partial charge in [-0.25, -0.2) is 43.9 Å². The highest BCUT2D eigenvalue weighted by Gasteiger charge is 2.39. The Morgan fingerprint density at radius 3 is 0.966 bits per heavy atom. The maximum atomic E-state index is 14.3. The van der Waals surface area contributed by atoms with Crippen molar-refractivity contribution in [2.75, 3.05) is 0 Å². The first kappa shape index (κ1) is 23.1. The van der Waals surface area contributed by atoms with E-state index in [0.717, 1.165) is 0 Å². The molecule has 158 valence electrons. The van der Waals surface area contributed by atoms with Crippen LogP contribution in [0.4, 0.5) is 43.9 Å². The Hall–Kier alpha value is -2.20. The van der Waals surface area contributed by atoms with E-state index in [2.05, 4.69) is 0 Å². The molecule has 0 heterocycles. The average Bonchev–Trinajstić information content (AvgIpc) is 2.64. The molecule has 2 aromatic rings. The fourth-order valence-electron chi connectivity index (χ4n) is 2.87. The first-order chi connectivity index (χ1) is 13.2. The molecule has 0 unspecified atom stereocenters. The van der Waals surface area contributed by atoms with Crippen molar-refractivity contribution in [1.82, 2.24) is 0 Å². The highest BCUT2D eigenvalue weighted by atomic mass is 19.2. The summed E-state index contributed by atoms with van der Waals surface area (Å²) in [6.45, 7) is 2.42. The maximum Gasteiger partial charge on any atom is 0.225 e. The number of hydrogen-bond acceptors (Lipinski definition) is 0. The fraction of sp³-hybridized carbons (Fsp3) is 0.333. The van der Waals surface area contributed by atoms with Gasteiger partial charge in [0.25, 0.3) is 0 Å². The fourth-order valence-corrected chi connectivity index (χ4v) is 2.87. The Morgan fingerprint density at radius 1 is 0.483 bits per heavy atom. The summed E-state index contributed by atoms with van der Waals surface area (Å²) in [6.07, 6.45) is -0.781. The number of hydrogen-bond donors (Lipinski definition) is 0. The van der Waals surface area contributed by atoms with Crippen molar-refractivity contribution in [1.29, 1.82) is 0 Å². The first-order valence-electron chi connectivity index (χ1n) is 8.23. The third-order valence-corrected chi connectivity index (χ3v) is 4.37. The molecule has 0 radical (unpaired) electrons. The van der Waals surface area contributed by atoms with Crippen LogP contribution >= 0.6 is 0 Å². The van der Waals surface area contributed by atoms with Crippen LogP contribution in [0, 0.1) is 63.6 Å². The third-order valence-electron chi connectivity index (χ3n) is 4.37. The summed E-state index contributed by atoms with van der Waals surface area (Å²) < 4.78 is 138. The minimum Gasteiger partial charge on any atom is -0.204 e. The maximum absolute atomic E-state index is 14.3. The molecule has 0 aromatic heterocycles. The van der Waals surface area contributed by atoms with E-state index in [4.69, 9.17) is 0 Å². The molecule has 0 saturated heterocycles. The second-order valence-corrected chi connectivity index (χ2v) is 7.62. The smallest absolute Gasteiger partial charge is 0.204 e. The largest absolute Gasteiger partial charge is 0.225 e. The molecule has 0 bridgehead atoms. The van der Waals surface area contributed by atoms with Crippen molar-refractivity contribution in [3.05, 3.63) is 58.2 Å². The Kier molecular flexibility index (Phi) is 6.30. The van der Waals surface area contributed by atoms with Gasteiger partial charge in [0, 0.05) is 10.9 Å². The lowest BCUT2D eigenvalue weighted by Crippen LogP contribution is -2.51. The van der Waals surface area contributed by atoms with Crippen LogP contribution in [0.25, 0.3) is 0 Å². The molecule has 11 heteroatoms. The highest BCUT2D eigenvalue weighted by Crippen LogP contribution is 2.26. The molecule has 0 aliphatic rings. The van der Waals surface area contributed by atoms with Crippen molar-refractivity contribution >= 4 is 17.6 Å².